The summed E-state index contributed by atoms with van der Waals surface area (Å²) in [6, 6.07) is 2.37. The van der Waals surface area contributed by atoms with Crippen LogP contribution >= 0.6 is 15.9 Å². The van der Waals surface area contributed by atoms with Gasteiger partial charge in [0.25, 0.3) is 0 Å². The highest BCUT2D eigenvalue weighted by atomic mass is 79.9. The maximum Gasteiger partial charge on any atom is 0.418 e. The molecule has 1 atom stereocenters. The van der Waals surface area contributed by atoms with E-state index in [1.165, 1.54) is 19.9 Å². The fourth-order valence-electron chi connectivity index (χ4n) is 2.02. The highest BCUT2D eigenvalue weighted by molar-refractivity contribution is 9.10. The van der Waals surface area contributed by atoms with Crippen LogP contribution in [-0.4, -0.2) is 11.6 Å². The average molecular weight is 366 g/mol. The largest absolute Gasteiger partial charge is 0.418 e. The van der Waals surface area contributed by atoms with E-state index in [9.17, 15) is 22.8 Å². The minimum atomic E-state index is -4.57. The Bertz CT molecular complexity index is 570. The molecule has 0 aromatic heterocycles. The van der Waals surface area contributed by atoms with E-state index in [1.807, 2.05) is 0 Å². The third-order valence-electron chi connectivity index (χ3n) is 3.09. The quantitative estimate of drug-likeness (QED) is 0.807. The Morgan fingerprint density at radius 3 is 2.29 bits per heavy atom. The molecule has 2 N–H and O–H groups in total. The minimum absolute atomic E-state index is 0.0126. The molecule has 116 valence electrons. The van der Waals surface area contributed by atoms with E-state index in [1.54, 1.807) is 0 Å². The number of nitrogen functional groups attached to an aromatic ring is 1. The number of Topliss-reactive ketones (excluding diaryl/α,β-unsaturated/α-hetero) is 2. The van der Waals surface area contributed by atoms with Gasteiger partial charge in [-0.3, -0.25) is 4.79 Å². The van der Waals surface area contributed by atoms with E-state index in [0.717, 1.165) is 6.07 Å². The van der Waals surface area contributed by atoms with Gasteiger partial charge < -0.3 is 10.5 Å². The third kappa shape index (κ3) is 4.84. The lowest BCUT2D eigenvalue weighted by Gasteiger charge is -2.16. The predicted molar refractivity (Wildman–Crippen MR) is 76.7 cm³/mol. The number of rotatable bonds is 5. The Morgan fingerprint density at radius 2 is 1.86 bits per heavy atom. The van der Waals surface area contributed by atoms with Gasteiger partial charge in [-0.05, 0) is 53.9 Å². The molecule has 1 aromatic carbocycles. The summed E-state index contributed by atoms with van der Waals surface area (Å²) in [5.41, 5.74) is 4.39. The number of anilines is 1. The Morgan fingerprint density at radius 1 is 1.29 bits per heavy atom. The molecule has 0 unspecified atom stereocenters. The van der Waals surface area contributed by atoms with Gasteiger partial charge in [0.1, 0.15) is 11.6 Å². The molecule has 0 radical (unpaired) electrons. The van der Waals surface area contributed by atoms with Crippen molar-refractivity contribution in [3.63, 3.8) is 0 Å². The van der Waals surface area contributed by atoms with Gasteiger partial charge in [0, 0.05) is 16.8 Å². The van der Waals surface area contributed by atoms with Gasteiger partial charge in [-0.1, -0.05) is 0 Å². The van der Waals surface area contributed by atoms with E-state index in [4.69, 9.17) is 5.73 Å². The second-order valence-corrected chi connectivity index (χ2v) is 5.81. The van der Waals surface area contributed by atoms with Crippen molar-refractivity contribution in [1.82, 2.24) is 0 Å². The van der Waals surface area contributed by atoms with Crippen molar-refractivity contribution in [2.24, 2.45) is 5.92 Å². The molecule has 0 spiro atoms. The highest BCUT2D eigenvalue weighted by Crippen LogP contribution is 2.38. The van der Waals surface area contributed by atoms with Crippen molar-refractivity contribution in [1.29, 1.82) is 0 Å². The van der Waals surface area contributed by atoms with Crippen LogP contribution in [0.4, 0.5) is 18.9 Å². The van der Waals surface area contributed by atoms with Gasteiger partial charge in [0.2, 0.25) is 0 Å². The lowest BCUT2D eigenvalue weighted by molar-refractivity contribution is -0.137. The summed E-state index contributed by atoms with van der Waals surface area (Å²) in [5, 5.41) is 0. The topological polar surface area (TPSA) is 60.2 Å². The molecule has 0 bridgehead atoms. The Hall–Kier alpha value is -1.37. The number of ketones is 2. The molecular weight excluding hydrogens is 351 g/mol. The van der Waals surface area contributed by atoms with Crippen LogP contribution < -0.4 is 5.73 Å². The second-order valence-electron chi connectivity index (χ2n) is 4.95. The number of carbonyl (C=O) groups excluding carboxylic acids is 2. The van der Waals surface area contributed by atoms with Crippen LogP contribution in [0.2, 0.25) is 0 Å². The number of hydrogen-bond donors (Lipinski definition) is 1. The van der Waals surface area contributed by atoms with E-state index in [0.29, 0.717) is 5.56 Å². The Labute approximate surface area is 128 Å². The van der Waals surface area contributed by atoms with Gasteiger partial charge in [-0.25, -0.2) is 0 Å². The van der Waals surface area contributed by atoms with Crippen LogP contribution in [0, 0.1) is 5.92 Å². The fraction of sp³-hybridized carbons (Fsp3) is 0.429. The molecule has 7 heteroatoms. The zero-order valence-electron chi connectivity index (χ0n) is 11.6. The van der Waals surface area contributed by atoms with E-state index in [2.05, 4.69) is 15.9 Å². The molecule has 21 heavy (non-hydrogen) atoms. The lowest BCUT2D eigenvalue weighted by Crippen LogP contribution is -2.18. The summed E-state index contributed by atoms with van der Waals surface area (Å²) in [6.45, 7) is 2.67. The second kappa shape index (κ2) is 6.60. The normalized spacial score (nSPS) is 13.0. The summed E-state index contributed by atoms with van der Waals surface area (Å²) < 4.78 is 38.8. The van der Waals surface area contributed by atoms with Gasteiger partial charge in [-0.15, -0.1) is 0 Å². The van der Waals surface area contributed by atoms with Crippen LogP contribution in [0.1, 0.15) is 31.4 Å². The number of alkyl halides is 3. The number of halogens is 4. The van der Waals surface area contributed by atoms with E-state index < -0.39 is 23.3 Å². The third-order valence-corrected chi connectivity index (χ3v) is 3.74. The first kappa shape index (κ1) is 17.7. The maximum absolute atomic E-state index is 12.9. The molecule has 1 aromatic rings. The number of hydrogen-bond acceptors (Lipinski definition) is 3. The standard InChI is InChI=1S/C14H15BrF3NO2/c1-7(20)3-10(8(2)21)4-9-5-11(14(16,17)18)13(19)12(15)6-9/h5-6,10H,3-4,19H2,1-2H3/t10-/m1/s1. The van der Waals surface area contributed by atoms with Crippen LogP contribution in [0.3, 0.4) is 0 Å². The summed E-state index contributed by atoms with van der Waals surface area (Å²) >= 11 is 2.99. The first-order valence-electron chi connectivity index (χ1n) is 6.17. The molecular formula is C14H15BrF3NO2. The first-order valence-corrected chi connectivity index (χ1v) is 6.96. The van der Waals surface area contributed by atoms with E-state index in [-0.39, 0.29) is 28.9 Å². The summed E-state index contributed by atoms with van der Waals surface area (Å²) in [6.07, 6.45) is -4.50. The molecule has 0 saturated carbocycles. The zero-order chi connectivity index (χ0) is 16.4. The molecule has 0 aliphatic heterocycles. The summed E-state index contributed by atoms with van der Waals surface area (Å²) in [5.74, 6) is -1.04. The van der Waals surface area contributed by atoms with Crippen molar-refractivity contribution in [2.45, 2.75) is 32.9 Å². The van der Waals surface area contributed by atoms with Gasteiger partial charge in [-0.2, -0.15) is 13.2 Å². The molecule has 0 aliphatic rings. The SMILES string of the molecule is CC(=O)C[C@H](Cc1cc(Br)c(N)c(C(F)(F)F)c1)C(C)=O. The average Bonchev–Trinajstić information content (AvgIpc) is 2.30. The fourth-order valence-corrected chi connectivity index (χ4v) is 2.53. The molecule has 3 nitrogen and oxygen atoms in total. The molecule has 0 fully saturated rings. The molecule has 1 rings (SSSR count). The van der Waals surface area contributed by atoms with Crippen molar-refractivity contribution in [3.05, 3.63) is 27.7 Å². The van der Waals surface area contributed by atoms with Gasteiger partial charge in [0.15, 0.2) is 0 Å². The molecule has 0 amide bonds. The smallest absolute Gasteiger partial charge is 0.397 e. The van der Waals surface area contributed by atoms with Crippen molar-refractivity contribution < 1.29 is 22.8 Å². The molecule has 0 saturated heterocycles. The minimum Gasteiger partial charge on any atom is -0.397 e. The maximum atomic E-state index is 12.9. The number of nitrogens with two attached hydrogens (primary N) is 1. The Kier molecular flexibility index (Phi) is 5.55. The Balaban J connectivity index is 3.16. The van der Waals surface area contributed by atoms with Crippen LogP contribution in [0.5, 0.6) is 0 Å². The van der Waals surface area contributed by atoms with Gasteiger partial charge in [0.05, 0.1) is 11.3 Å². The number of carbonyl (C=O) groups is 2. The predicted octanol–water partition coefficient (Wildman–Crippen LogP) is 3.78. The van der Waals surface area contributed by atoms with Crippen molar-refractivity contribution in [3.8, 4) is 0 Å². The molecule has 0 aliphatic carbocycles. The monoisotopic (exact) mass is 365 g/mol. The van der Waals surface area contributed by atoms with Crippen LogP contribution in [0.15, 0.2) is 16.6 Å². The van der Waals surface area contributed by atoms with Crippen molar-refractivity contribution >= 4 is 33.2 Å². The van der Waals surface area contributed by atoms with Gasteiger partial charge >= 0.3 is 6.18 Å². The zero-order valence-corrected chi connectivity index (χ0v) is 13.1. The number of benzene rings is 1. The van der Waals surface area contributed by atoms with Crippen LogP contribution in [-0.2, 0) is 22.2 Å². The van der Waals surface area contributed by atoms with Crippen LogP contribution in [0.25, 0.3) is 0 Å². The highest BCUT2D eigenvalue weighted by Gasteiger charge is 2.34. The first-order chi connectivity index (χ1) is 9.52. The lowest BCUT2D eigenvalue weighted by atomic mass is 9.90. The summed E-state index contributed by atoms with van der Waals surface area (Å²) in [7, 11) is 0. The van der Waals surface area contributed by atoms with Crippen molar-refractivity contribution in [2.75, 3.05) is 5.73 Å². The molecule has 0 heterocycles. The van der Waals surface area contributed by atoms with E-state index >= 15 is 0 Å². The summed E-state index contributed by atoms with van der Waals surface area (Å²) in [4.78, 5) is 22.6.